The molecule has 1 N–H and O–H groups in total. The van der Waals surface area contributed by atoms with Crippen molar-refractivity contribution in [2.45, 2.75) is 37.2 Å². The molecular weight excluding hydrogens is 356 g/mol. The fourth-order valence-corrected chi connectivity index (χ4v) is 4.18. The first-order valence-electron chi connectivity index (χ1n) is 8.17. The van der Waals surface area contributed by atoms with Gasteiger partial charge in [0.05, 0.1) is 12.0 Å². The number of pyridine rings is 1. The number of methoxy groups -OCH3 is 1. The number of nitrogens with zero attached hydrogens (tertiary/aromatic N) is 2. The van der Waals surface area contributed by atoms with E-state index in [1.54, 1.807) is 18.3 Å². The second kappa shape index (κ2) is 8.77. The van der Waals surface area contributed by atoms with Gasteiger partial charge in [-0.05, 0) is 42.3 Å². The maximum Gasteiger partial charge on any atom is 0.322 e. The maximum atomic E-state index is 13.2. The van der Waals surface area contributed by atoms with Gasteiger partial charge in [-0.25, -0.2) is 8.42 Å². The summed E-state index contributed by atoms with van der Waals surface area (Å²) in [6, 6.07) is 8.13. The van der Waals surface area contributed by atoms with E-state index in [1.807, 2.05) is 6.92 Å². The van der Waals surface area contributed by atoms with Gasteiger partial charge in [0.15, 0.2) is 0 Å². The van der Waals surface area contributed by atoms with Crippen LogP contribution >= 0.6 is 0 Å². The Morgan fingerprint density at radius 2 is 1.96 bits per heavy atom. The lowest BCUT2D eigenvalue weighted by atomic mass is 10.1. The van der Waals surface area contributed by atoms with Crippen molar-refractivity contribution in [2.75, 3.05) is 7.11 Å². The van der Waals surface area contributed by atoms with E-state index in [9.17, 15) is 18.3 Å². The number of ether oxygens (including phenoxy) is 1. The number of carbonyl (C=O) groups is 1. The topological polar surface area (TPSA) is 96.8 Å². The Morgan fingerprint density at radius 3 is 2.46 bits per heavy atom. The van der Waals surface area contributed by atoms with E-state index in [-0.39, 0.29) is 17.9 Å². The standard InChI is InChI=1S/C18H22N2O5S/c1-3-5-17(18(21)22)20(13-14-6-4-11-19-12-14)26(23,24)16-9-7-15(25-2)8-10-16/h4,6-12,17H,3,5,13H2,1-2H3,(H,21,22)/t17-/m1/s1. The van der Waals surface area contributed by atoms with Crippen LogP contribution in [0.25, 0.3) is 0 Å². The molecular formula is C18H22N2O5S. The number of aromatic nitrogens is 1. The van der Waals surface area contributed by atoms with Crippen molar-refractivity contribution in [2.24, 2.45) is 0 Å². The van der Waals surface area contributed by atoms with Crippen molar-refractivity contribution < 1.29 is 23.1 Å². The fourth-order valence-electron chi connectivity index (χ4n) is 2.58. The van der Waals surface area contributed by atoms with Crippen LogP contribution in [0.15, 0.2) is 53.7 Å². The molecule has 1 aromatic heterocycles. The van der Waals surface area contributed by atoms with Crippen molar-refractivity contribution >= 4 is 16.0 Å². The van der Waals surface area contributed by atoms with Crippen LogP contribution in [0, 0.1) is 0 Å². The summed E-state index contributed by atoms with van der Waals surface area (Å²) in [7, 11) is -2.54. The summed E-state index contributed by atoms with van der Waals surface area (Å²) < 4.78 is 32.4. The van der Waals surface area contributed by atoms with E-state index in [2.05, 4.69) is 4.98 Å². The molecule has 0 aliphatic rings. The lowest BCUT2D eigenvalue weighted by Crippen LogP contribution is -2.44. The van der Waals surface area contributed by atoms with Gasteiger partial charge in [-0.15, -0.1) is 0 Å². The third-order valence-electron chi connectivity index (χ3n) is 3.92. The molecule has 1 atom stereocenters. The summed E-state index contributed by atoms with van der Waals surface area (Å²) in [5.41, 5.74) is 0.618. The average Bonchev–Trinajstić information content (AvgIpc) is 2.65. The normalized spacial score (nSPS) is 12.7. The zero-order valence-electron chi connectivity index (χ0n) is 14.7. The number of carboxylic acids is 1. The molecule has 1 aromatic carbocycles. The van der Waals surface area contributed by atoms with Crippen LogP contribution in [0.4, 0.5) is 0 Å². The van der Waals surface area contributed by atoms with Crippen LogP contribution in [0.2, 0.25) is 0 Å². The largest absolute Gasteiger partial charge is 0.497 e. The highest BCUT2D eigenvalue weighted by Crippen LogP contribution is 2.25. The van der Waals surface area contributed by atoms with Crippen LogP contribution in [0.3, 0.4) is 0 Å². The van der Waals surface area contributed by atoms with E-state index in [0.29, 0.717) is 17.7 Å². The van der Waals surface area contributed by atoms with Gasteiger partial charge in [0, 0.05) is 18.9 Å². The lowest BCUT2D eigenvalue weighted by Gasteiger charge is -2.28. The van der Waals surface area contributed by atoms with Crippen LogP contribution in [-0.2, 0) is 21.4 Å². The van der Waals surface area contributed by atoms with Crippen LogP contribution in [0.1, 0.15) is 25.3 Å². The zero-order valence-corrected chi connectivity index (χ0v) is 15.5. The molecule has 0 radical (unpaired) electrons. The molecule has 8 heteroatoms. The molecule has 1 heterocycles. The SMILES string of the molecule is CCC[C@H](C(=O)O)N(Cc1cccnc1)S(=O)(=O)c1ccc(OC)cc1. The first kappa shape index (κ1) is 19.9. The molecule has 0 amide bonds. The fraction of sp³-hybridized carbons (Fsp3) is 0.333. The third-order valence-corrected chi connectivity index (χ3v) is 5.79. The van der Waals surface area contributed by atoms with Crippen molar-refractivity contribution in [1.29, 1.82) is 0 Å². The van der Waals surface area contributed by atoms with E-state index >= 15 is 0 Å². The highest BCUT2D eigenvalue weighted by atomic mass is 32.2. The number of sulfonamides is 1. The monoisotopic (exact) mass is 378 g/mol. The molecule has 0 spiro atoms. The number of benzene rings is 1. The van der Waals surface area contributed by atoms with Crippen molar-refractivity contribution in [3.8, 4) is 5.75 Å². The van der Waals surface area contributed by atoms with Crippen molar-refractivity contribution in [1.82, 2.24) is 9.29 Å². The number of rotatable bonds is 9. The summed E-state index contributed by atoms with van der Waals surface area (Å²) in [6.07, 6.45) is 3.86. The molecule has 0 fully saturated rings. The summed E-state index contributed by atoms with van der Waals surface area (Å²) >= 11 is 0. The Kier molecular flexibility index (Phi) is 6.70. The van der Waals surface area contributed by atoms with Gasteiger partial charge in [0.1, 0.15) is 11.8 Å². The number of carboxylic acid groups (broad SMARTS) is 1. The molecule has 0 saturated carbocycles. The predicted octanol–water partition coefficient (Wildman–Crippen LogP) is 2.53. The van der Waals surface area contributed by atoms with Crippen LogP contribution < -0.4 is 4.74 Å². The second-order valence-electron chi connectivity index (χ2n) is 5.73. The molecule has 0 aliphatic carbocycles. The predicted molar refractivity (Wildman–Crippen MR) is 96.3 cm³/mol. The lowest BCUT2D eigenvalue weighted by molar-refractivity contribution is -0.141. The minimum absolute atomic E-state index is 0.0181. The Balaban J connectivity index is 2.47. The Morgan fingerprint density at radius 1 is 1.27 bits per heavy atom. The molecule has 0 saturated heterocycles. The summed E-state index contributed by atoms with van der Waals surface area (Å²) in [6.45, 7) is 1.75. The molecule has 2 aromatic rings. The molecule has 140 valence electrons. The third kappa shape index (κ3) is 4.59. The van der Waals surface area contributed by atoms with E-state index in [4.69, 9.17) is 4.74 Å². The smallest absolute Gasteiger partial charge is 0.322 e. The van der Waals surface area contributed by atoms with Gasteiger partial charge in [0.2, 0.25) is 10.0 Å². The highest BCUT2D eigenvalue weighted by Gasteiger charge is 2.35. The van der Waals surface area contributed by atoms with Crippen LogP contribution in [0.5, 0.6) is 5.75 Å². The van der Waals surface area contributed by atoms with Gasteiger partial charge >= 0.3 is 5.97 Å². The van der Waals surface area contributed by atoms with Gasteiger partial charge in [-0.1, -0.05) is 19.4 Å². The number of hydrogen-bond acceptors (Lipinski definition) is 5. The molecule has 0 bridgehead atoms. The Labute approximate surface area is 153 Å². The molecule has 26 heavy (non-hydrogen) atoms. The minimum Gasteiger partial charge on any atom is -0.497 e. The first-order chi connectivity index (χ1) is 12.4. The van der Waals surface area contributed by atoms with Crippen molar-refractivity contribution in [3.63, 3.8) is 0 Å². The van der Waals surface area contributed by atoms with Crippen LogP contribution in [-0.4, -0.2) is 41.9 Å². The number of aliphatic carboxylic acids is 1. The summed E-state index contributed by atoms with van der Waals surface area (Å²) in [4.78, 5) is 15.8. The van der Waals surface area contributed by atoms with E-state index in [1.165, 1.54) is 37.6 Å². The first-order valence-corrected chi connectivity index (χ1v) is 9.61. The Hall–Kier alpha value is -2.45. The molecule has 0 unspecified atom stereocenters. The second-order valence-corrected chi connectivity index (χ2v) is 7.62. The van der Waals surface area contributed by atoms with E-state index in [0.717, 1.165) is 4.31 Å². The summed E-state index contributed by atoms with van der Waals surface area (Å²) in [5, 5.41) is 9.60. The molecule has 7 nitrogen and oxygen atoms in total. The maximum absolute atomic E-state index is 13.2. The minimum atomic E-state index is -4.02. The molecule has 2 rings (SSSR count). The summed E-state index contributed by atoms with van der Waals surface area (Å²) in [5.74, 6) is -0.654. The van der Waals surface area contributed by atoms with E-state index < -0.39 is 22.0 Å². The average molecular weight is 378 g/mol. The quantitative estimate of drug-likeness (QED) is 0.720. The van der Waals surface area contributed by atoms with Gasteiger partial charge in [0.25, 0.3) is 0 Å². The zero-order chi connectivity index (χ0) is 19.2. The van der Waals surface area contributed by atoms with Gasteiger partial charge in [-0.2, -0.15) is 4.31 Å². The van der Waals surface area contributed by atoms with Crippen molar-refractivity contribution in [3.05, 3.63) is 54.4 Å². The number of hydrogen-bond donors (Lipinski definition) is 1. The molecule has 0 aliphatic heterocycles. The Bertz CT molecular complexity index is 822. The van der Waals surface area contributed by atoms with Gasteiger partial charge in [-0.3, -0.25) is 9.78 Å². The van der Waals surface area contributed by atoms with Gasteiger partial charge < -0.3 is 9.84 Å². The highest BCUT2D eigenvalue weighted by molar-refractivity contribution is 7.89.